The van der Waals surface area contributed by atoms with Crippen molar-refractivity contribution < 1.29 is 9.90 Å². The fraction of sp³-hybridized carbons (Fsp3) is 0.889. The molecule has 0 aromatic carbocycles. The molecule has 1 N–H and O–H groups in total. The number of carbonyl (C=O) groups excluding carboxylic acids is 1. The van der Waals surface area contributed by atoms with Gasteiger partial charge in [-0.1, -0.05) is 15.9 Å². The SMILES string of the molecule is CC(C)(Br)C(=O)N1CCC[C@H]1CO. The van der Waals surface area contributed by atoms with Crippen LogP contribution in [0, 0.1) is 0 Å². The van der Waals surface area contributed by atoms with Gasteiger partial charge in [0, 0.05) is 6.54 Å². The van der Waals surface area contributed by atoms with Gasteiger partial charge in [0.25, 0.3) is 0 Å². The molecule has 0 bridgehead atoms. The maximum absolute atomic E-state index is 11.8. The number of hydrogen-bond acceptors (Lipinski definition) is 2. The van der Waals surface area contributed by atoms with Crippen LogP contribution >= 0.6 is 15.9 Å². The Balaban J connectivity index is 2.66. The van der Waals surface area contributed by atoms with Crippen molar-refractivity contribution in [3.8, 4) is 0 Å². The summed E-state index contributed by atoms with van der Waals surface area (Å²) in [5.74, 6) is 0.0732. The number of aliphatic hydroxyl groups is 1. The minimum absolute atomic E-state index is 0.0318. The van der Waals surface area contributed by atoms with Crippen LogP contribution in [0.25, 0.3) is 0 Å². The van der Waals surface area contributed by atoms with Crippen LogP contribution in [0.4, 0.5) is 0 Å². The quantitative estimate of drug-likeness (QED) is 0.747. The predicted octanol–water partition coefficient (Wildman–Crippen LogP) is 1.14. The summed E-state index contributed by atoms with van der Waals surface area (Å²) in [5.41, 5.74) is 0. The molecular weight excluding hydrogens is 234 g/mol. The number of alkyl halides is 1. The van der Waals surface area contributed by atoms with E-state index in [2.05, 4.69) is 15.9 Å². The van der Waals surface area contributed by atoms with E-state index in [1.54, 1.807) is 4.90 Å². The first-order valence-corrected chi connectivity index (χ1v) is 5.37. The largest absolute Gasteiger partial charge is 0.394 e. The van der Waals surface area contributed by atoms with Gasteiger partial charge in [-0.15, -0.1) is 0 Å². The van der Waals surface area contributed by atoms with Gasteiger partial charge >= 0.3 is 0 Å². The highest BCUT2D eigenvalue weighted by atomic mass is 79.9. The number of aliphatic hydroxyl groups excluding tert-OH is 1. The van der Waals surface area contributed by atoms with E-state index in [9.17, 15) is 4.79 Å². The molecule has 0 radical (unpaired) electrons. The molecule has 4 heteroatoms. The molecule has 1 amide bonds. The van der Waals surface area contributed by atoms with Gasteiger partial charge in [0.2, 0.25) is 5.91 Å². The number of carbonyl (C=O) groups is 1. The fourth-order valence-electron chi connectivity index (χ4n) is 1.63. The van der Waals surface area contributed by atoms with Gasteiger partial charge in [-0.25, -0.2) is 0 Å². The van der Waals surface area contributed by atoms with Crippen LogP contribution in [-0.4, -0.2) is 39.4 Å². The predicted molar refractivity (Wildman–Crippen MR) is 54.8 cm³/mol. The Labute approximate surface area is 87.2 Å². The molecule has 1 rings (SSSR count). The topological polar surface area (TPSA) is 40.5 Å². The van der Waals surface area contributed by atoms with E-state index in [-0.39, 0.29) is 18.6 Å². The highest BCUT2D eigenvalue weighted by molar-refractivity contribution is 9.10. The minimum Gasteiger partial charge on any atom is -0.394 e. The molecule has 1 atom stereocenters. The number of amides is 1. The van der Waals surface area contributed by atoms with E-state index in [1.807, 2.05) is 13.8 Å². The Morgan fingerprint density at radius 2 is 2.31 bits per heavy atom. The molecule has 0 aromatic heterocycles. The second-order valence-corrected chi connectivity index (χ2v) is 5.93. The molecule has 3 nitrogen and oxygen atoms in total. The van der Waals surface area contributed by atoms with Gasteiger partial charge in [-0.2, -0.15) is 0 Å². The first-order valence-electron chi connectivity index (χ1n) is 4.57. The van der Waals surface area contributed by atoms with Crippen LogP contribution in [0.2, 0.25) is 0 Å². The zero-order valence-corrected chi connectivity index (χ0v) is 9.67. The number of hydrogen-bond donors (Lipinski definition) is 1. The summed E-state index contributed by atoms with van der Waals surface area (Å²) in [6.45, 7) is 4.53. The molecule has 1 aliphatic heterocycles. The molecule has 0 aromatic rings. The molecule has 76 valence electrons. The van der Waals surface area contributed by atoms with Crippen molar-refractivity contribution in [2.45, 2.75) is 37.1 Å². The Morgan fingerprint density at radius 1 is 1.69 bits per heavy atom. The molecule has 0 saturated carbocycles. The number of rotatable bonds is 2. The molecule has 1 aliphatic rings. The van der Waals surface area contributed by atoms with Gasteiger partial charge in [0.1, 0.15) is 0 Å². The van der Waals surface area contributed by atoms with Gasteiger partial charge in [0.05, 0.1) is 17.0 Å². The molecule has 0 spiro atoms. The second-order valence-electron chi connectivity index (χ2n) is 3.95. The zero-order chi connectivity index (χ0) is 10.1. The van der Waals surface area contributed by atoms with E-state index in [4.69, 9.17) is 5.11 Å². The summed E-state index contributed by atoms with van der Waals surface area (Å²) in [6.07, 6.45) is 1.92. The van der Waals surface area contributed by atoms with Gasteiger partial charge in [0.15, 0.2) is 0 Å². The Bertz CT molecular complexity index is 200. The first kappa shape index (κ1) is 11.0. The van der Waals surface area contributed by atoms with Crippen molar-refractivity contribution in [3.05, 3.63) is 0 Å². The molecule has 1 fully saturated rings. The van der Waals surface area contributed by atoms with Crippen molar-refractivity contribution >= 4 is 21.8 Å². The van der Waals surface area contributed by atoms with Crippen molar-refractivity contribution in [3.63, 3.8) is 0 Å². The molecule has 1 saturated heterocycles. The van der Waals surface area contributed by atoms with Crippen LogP contribution < -0.4 is 0 Å². The molecular formula is C9H16BrNO2. The van der Waals surface area contributed by atoms with Crippen molar-refractivity contribution in [2.24, 2.45) is 0 Å². The van der Waals surface area contributed by atoms with Crippen molar-refractivity contribution in [1.29, 1.82) is 0 Å². The standard InChI is InChI=1S/C9H16BrNO2/c1-9(2,10)8(13)11-5-3-4-7(11)6-12/h7,12H,3-6H2,1-2H3/t7-/m0/s1. The van der Waals surface area contributed by atoms with E-state index in [1.165, 1.54) is 0 Å². The third-order valence-electron chi connectivity index (χ3n) is 2.36. The average Bonchev–Trinajstić information content (AvgIpc) is 2.48. The van der Waals surface area contributed by atoms with Crippen LogP contribution in [0.1, 0.15) is 26.7 Å². The lowest BCUT2D eigenvalue weighted by atomic mass is 10.1. The summed E-state index contributed by atoms with van der Waals surface area (Å²) >= 11 is 3.34. The summed E-state index contributed by atoms with van der Waals surface area (Å²) in [4.78, 5) is 13.6. The third-order valence-corrected chi connectivity index (χ3v) is 2.70. The molecule has 1 heterocycles. The third kappa shape index (κ3) is 2.44. The van der Waals surface area contributed by atoms with Crippen molar-refractivity contribution in [2.75, 3.05) is 13.2 Å². The summed E-state index contributed by atoms with van der Waals surface area (Å²) in [6, 6.07) is 0.0318. The summed E-state index contributed by atoms with van der Waals surface area (Å²) < 4.78 is -0.509. The van der Waals surface area contributed by atoms with Crippen LogP contribution in [-0.2, 0) is 4.79 Å². The van der Waals surface area contributed by atoms with Gasteiger partial charge in [-0.3, -0.25) is 4.79 Å². The summed E-state index contributed by atoms with van der Waals surface area (Å²) in [7, 11) is 0. The zero-order valence-electron chi connectivity index (χ0n) is 8.09. The number of halogens is 1. The highest BCUT2D eigenvalue weighted by Crippen LogP contribution is 2.25. The lowest BCUT2D eigenvalue weighted by Gasteiger charge is -2.28. The Morgan fingerprint density at radius 3 is 2.77 bits per heavy atom. The summed E-state index contributed by atoms with van der Waals surface area (Å²) in [5, 5.41) is 9.04. The molecule has 0 unspecified atom stereocenters. The van der Waals surface area contributed by atoms with Crippen LogP contribution in [0.15, 0.2) is 0 Å². The highest BCUT2D eigenvalue weighted by Gasteiger charge is 2.35. The van der Waals surface area contributed by atoms with E-state index >= 15 is 0 Å². The number of likely N-dealkylation sites (tertiary alicyclic amines) is 1. The van der Waals surface area contributed by atoms with E-state index < -0.39 is 4.32 Å². The maximum atomic E-state index is 11.8. The molecule has 0 aliphatic carbocycles. The maximum Gasteiger partial charge on any atom is 0.239 e. The van der Waals surface area contributed by atoms with Crippen molar-refractivity contribution in [1.82, 2.24) is 4.90 Å². The normalized spacial score (nSPS) is 23.7. The smallest absolute Gasteiger partial charge is 0.239 e. The van der Waals surface area contributed by atoms with E-state index in [0.717, 1.165) is 19.4 Å². The lowest BCUT2D eigenvalue weighted by Crippen LogP contribution is -2.45. The Hall–Kier alpha value is -0.0900. The van der Waals surface area contributed by atoms with Crippen LogP contribution in [0.3, 0.4) is 0 Å². The Kier molecular flexibility index (Phi) is 3.35. The van der Waals surface area contributed by atoms with Crippen LogP contribution in [0.5, 0.6) is 0 Å². The van der Waals surface area contributed by atoms with Gasteiger partial charge in [-0.05, 0) is 26.7 Å². The average molecular weight is 250 g/mol. The fourth-order valence-corrected chi connectivity index (χ4v) is 1.86. The van der Waals surface area contributed by atoms with E-state index in [0.29, 0.717) is 0 Å². The molecule has 13 heavy (non-hydrogen) atoms. The van der Waals surface area contributed by atoms with Gasteiger partial charge < -0.3 is 10.0 Å². The lowest BCUT2D eigenvalue weighted by molar-refractivity contribution is -0.134. The first-order chi connectivity index (χ1) is 5.96. The second kappa shape index (κ2) is 3.96. The minimum atomic E-state index is -0.509. The monoisotopic (exact) mass is 249 g/mol. The number of nitrogens with zero attached hydrogens (tertiary/aromatic N) is 1.